The molecule has 3 heterocycles. The van der Waals surface area contributed by atoms with Gasteiger partial charge in [-0.05, 0) is 25.0 Å². The molecule has 8 atom stereocenters. The summed E-state index contributed by atoms with van der Waals surface area (Å²) in [5.74, 6) is -5.68. The molecular formula is C29H37NO11. The van der Waals surface area contributed by atoms with E-state index in [4.69, 9.17) is 18.9 Å². The lowest BCUT2D eigenvalue weighted by Gasteiger charge is -2.56. The third-order valence-electron chi connectivity index (χ3n) is 9.19. The molecule has 12 heteroatoms. The number of methoxy groups -OCH3 is 1. The van der Waals surface area contributed by atoms with Gasteiger partial charge in [0.15, 0.2) is 5.60 Å². The van der Waals surface area contributed by atoms with Crippen LogP contribution in [0.5, 0.6) is 0 Å². The Hall–Kier alpha value is -3.00. The van der Waals surface area contributed by atoms with E-state index in [2.05, 4.69) is 11.6 Å². The minimum Gasteiger partial charge on any atom is -0.483 e. The Bertz CT molecular complexity index is 1330. The minimum absolute atomic E-state index is 0.208. The van der Waals surface area contributed by atoms with Crippen LogP contribution in [0.25, 0.3) is 12.3 Å². The van der Waals surface area contributed by atoms with E-state index >= 15 is 0 Å². The molecule has 2 aliphatic heterocycles. The second-order valence-electron chi connectivity index (χ2n) is 11.3. The summed E-state index contributed by atoms with van der Waals surface area (Å²) < 4.78 is 23.6. The van der Waals surface area contributed by atoms with Crippen LogP contribution in [0.2, 0.25) is 0 Å². The SMILES string of the molecule is C=CC1C(CC(=O)O)C(C(=O)OC)=CC2(CCCC2)C1OC1(CO)OC(CO)C2(C=c3cc[nH]c3=CO2)C(O)C1O. The first-order valence-electron chi connectivity index (χ1n) is 13.7. The maximum atomic E-state index is 12.8. The number of hydrogen-bond donors (Lipinski definition) is 6. The van der Waals surface area contributed by atoms with Gasteiger partial charge < -0.3 is 49.5 Å². The van der Waals surface area contributed by atoms with E-state index in [0.717, 1.165) is 12.8 Å². The van der Waals surface area contributed by atoms with Crippen LogP contribution in [0, 0.1) is 17.3 Å². The summed E-state index contributed by atoms with van der Waals surface area (Å²) in [5, 5.41) is 55.1. The number of ether oxygens (including phenoxy) is 4. The first-order chi connectivity index (χ1) is 19.6. The number of H-pyrrole nitrogens is 1. The molecule has 0 aromatic carbocycles. The second kappa shape index (κ2) is 11.0. The molecule has 2 fully saturated rings. The van der Waals surface area contributed by atoms with Crippen LogP contribution < -0.4 is 10.6 Å². The van der Waals surface area contributed by atoms with Crippen molar-refractivity contribution in [3.63, 3.8) is 0 Å². The van der Waals surface area contributed by atoms with Crippen molar-refractivity contribution in [3.05, 3.63) is 47.1 Å². The maximum absolute atomic E-state index is 12.8. The number of carbonyl (C=O) groups excluding carboxylic acids is 1. The van der Waals surface area contributed by atoms with E-state index in [1.165, 1.54) is 19.4 Å². The van der Waals surface area contributed by atoms with E-state index in [1.807, 2.05) is 0 Å². The van der Waals surface area contributed by atoms with Crippen LogP contribution in [-0.2, 0) is 28.5 Å². The van der Waals surface area contributed by atoms with Gasteiger partial charge in [-0.2, -0.15) is 0 Å². The van der Waals surface area contributed by atoms with E-state index < -0.39 is 84.6 Å². The van der Waals surface area contributed by atoms with Gasteiger partial charge in [0.05, 0.1) is 31.6 Å². The third kappa shape index (κ3) is 4.62. The lowest BCUT2D eigenvalue weighted by atomic mass is 9.62. The lowest BCUT2D eigenvalue weighted by Crippen LogP contribution is -2.74. The third-order valence-corrected chi connectivity index (χ3v) is 9.19. The molecular weight excluding hydrogens is 538 g/mol. The zero-order valence-electron chi connectivity index (χ0n) is 22.8. The predicted octanol–water partition coefficient (Wildman–Crippen LogP) is -0.945. The molecule has 5 rings (SSSR count). The average Bonchev–Trinajstić information content (AvgIpc) is 3.64. The fourth-order valence-corrected chi connectivity index (χ4v) is 7.13. The van der Waals surface area contributed by atoms with Crippen molar-refractivity contribution in [3.8, 4) is 0 Å². The molecule has 0 amide bonds. The van der Waals surface area contributed by atoms with Crippen molar-refractivity contribution in [1.29, 1.82) is 0 Å². The highest BCUT2D eigenvalue weighted by molar-refractivity contribution is 5.90. The van der Waals surface area contributed by atoms with Gasteiger partial charge in [0.25, 0.3) is 0 Å². The van der Waals surface area contributed by atoms with Crippen LogP contribution in [0.1, 0.15) is 32.1 Å². The minimum atomic E-state index is -2.24. The van der Waals surface area contributed by atoms with Crippen LogP contribution in [0.15, 0.2) is 36.6 Å². The number of esters is 1. The van der Waals surface area contributed by atoms with E-state index in [0.29, 0.717) is 23.4 Å². The molecule has 8 unspecified atom stereocenters. The number of hydrogen-bond acceptors (Lipinski definition) is 10. The Morgan fingerprint density at radius 3 is 2.54 bits per heavy atom. The summed E-state index contributed by atoms with van der Waals surface area (Å²) in [4.78, 5) is 27.7. The number of aromatic amines is 1. The number of aliphatic hydroxyl groups is 4. The molecule has 1 saturated carbocycles. The van der Waals surface area contributed by atoms with Crippen LogP contribution in [0.3, 0.4) is 0 Å². The standard InChI is InChI=1S/C29H37NO11/c1-3-17-18(10-22(33)34)19(26(37)38-2)12-27(7-4-5-8-27)25(17)41-29(15-32)24(36)23(35)28(21(13-31)40-29)11-16-6-9-30-20(16)14-39-28/h3,6,9,11-12,14,17-18,21,23-25,30-32,35-36H,1,4-5,7-8,10,13,15H2,2H3,(H,33,34). The zero-order valence-corrected chi connectivity index (χ0v) is 22.8. The number of fused-ring (bicyclic) bond motifs is 1. The molecule has 12 nitrogen and oxygen atoms in total. The van der Waals surface area contributed by atoms with Crippen molar-refractivity contribution < 1.29 is 54.1 Å². The van der Waals surface area contributed by atoms with Crippen molar-refractivity contribution in [1.82, 2.24) is 4.98 Å². The zero-order chi connectivity index (χ0) is 29.6. The Morgan fingerprint density at radius 2 is 1.93 bits per heavy atom. The van der Waals surface area contributed by atoms with Gasteiger partial charge in [-0.15, -0.1) is 6.58 Å². The fourth-order valence-electron chi connectivity index (χ4n) is 7.13. The highest BCUT2D eigenvalue weighted by Gasteiger charge is 2.65. The van der Waals surface area contributed by atoms with Gasteiger partial charge in [-0.3, -0.25) is 4.79 Å². The molecule has 4 aliphatic rings. The number of aliphatic hydroxyl groups excluding tert-OH is 4. The number of aromatic nitrogens is 1. The van der Waals surface area contributed by atoms with Crippen molar-refractivity contribution in [2.75, 3.05) is 20.3 Å². The quantitative estimate of drug-likeness (QED) is 0.166. The van der Waals surface area contributed by atoms with Crippen LogP contribution in [-0.4, -0.2) is 98.6 Å². The summed E-state index contributed by atoms with van der Waals surface area (Å²) in [7, 11) is 1.23. The molecule has 1 aromatic rings. The van der Waals surface area contributed by atoms with Crippen LogP contribution in [0.4, 0.5) is 0 Å². The summed E-state index contributed by atoms with van der Waals surface area (Å²) >= 11 is 0. The van der Waals surface area contributed by atoms with Crippen molar-refractivity contribution >= 4 is 24.3 Å². The Kier molecular flexibility index (Phi) is 7.92. The molecule has 0 radical (unpaired) electrons. The Balaban J connectivity index is 1.58. The smallest absolute Gasteiger partial charge is 0.333 e. The number of nitrogens with one attached hydrogen (secondary N) is 1. The molecule has 2 spiro atoms. The van der Waals surface area contributed by atoms with E-state index in [1.54, 1.807) is 24.4 Å². The summed E-state index contributed by atoms with van der Waals surface area (Å²) in [6.45, 7) is 2.35. The molecule has 1 aromatic heterocycles. The van der Waals surface area contributed by atoms with Gasteiger partial charge in [0.1, 0.15) is 31.2 Å². The lowest BCUT2D eigenvalue weighted by molar-refractivity contribution is -0.400. The molecule has 41 heavy (non-hydrogen) atoms. The van der Waals surface area contributed by atoms with E-state index in [9.17, 15) is 35.1 Å². The molecule has 0 bridgehead atoms. The highest BCUT2D eigenvalue weighted by Crippen LogP contribution is 2.55. The average molecular weight is 576 g/mol. The maximum Gasteiger partial charge on any atom is 0.333 e. The van der Waals surface area contributed by atoms with Gasteiger partial charge in [-0.25, -0.2) is 4.79 Å². The molecule has 1 saturated heterocycles. The number of rotatable bonds is 8. The van der Waals surface area contributed by atoms with E-state index in [-0.39, 0.29) is 5.57 Å². The van der Waals surface area contributed by atoms with Crippen molar-refractivity contribution in [2.45, 2.75) is 67.9 Å². The summed E-state index contributed by atoms with van der Waals surface area (Å²) in [5.41, 5.74) is -2.30. The summed E-state index contributed by atoms with van der Waals surface area (Å²) in [6, 6.07) is 1.74. The van der Waals surface area contributed by atoms with Crippen LogP contribution >= 0.6 is 0 Å². The number of carbonyl (C=O) groups is 2. The number of carboxylic acids is 1. The normalized spacial score (nSPS) is 37.3. The van der Waals surface area contributed by atoms with Gasteiger partial charge >= 0.3 is 11.9 Å². The molecule has 6 N–H and O–H groups in total. The first kappa shape index (κ1) is 29.5. The van der Waals surface area contributed by atoms with Gasteiger partial charge in [0, 0.05) is 34.2 Å². The first-order valence-corrected chi connectivity index (χ1v) is 13.7. The largest absolute Gasteiger partial charge is 0.483 e. The fraction of sp³-hybridized carbons (Fsp3) is 0.586. The Labute approximate surface area is 236 Å². The summed E-state index contributed by atoms with van der Waals surface area (Å²) in [6.07, 6.45) is 4.31. The van der Waals surface area contributed by atoms with Gasteiger partial charge in [0.2, 0.25) is 5.79 Å². The topological polar surface area (TPSA) is 188 Å². The number of aliphatic carboxylic acids is 1. The molecule has 2 aliphatic carbocycles. The van der Waals surface area contributed by atoms with Gasteiger partial charge in [-0.1, -0.05) is 25.0 Å². The molecule has 224 valence electrons. The van der Waals surface area contributed by atoms with Crippen molar-refractivity contribution in [2.24, 2.45) is 17.3 Å². The monoisotopic (exact) mass is 575 g/mol. The predicted molar refractivity (Wildman–Crippen MR) is 142 cm³/mol. The number of carboxylic acid groups (broad SMARTS) is 1. The second-order valence-corrected chi connectivity index (χ2v) is 11.3. The Morgan fingerprint density at radius 1 is 1.20 bits per heavy atom. The highest BCUT2D eigenvalue weighted by atomic mass is 16.7.